The van der Waals surface area contributed by atoms with Crippen molar-refractivity contribution in [2.45, 2.75) is 83.5 Å². The molecule has 2 heteroatoms. The van der Waals surface area contributed by atoms with Crippen molar-refractivity contribution in [1.29, 1.82) is 0 Å². The Bertz CT molecular complexity index is 537. The first-order chi connectivity index (χ1) is 12.3. The quantitative estimate of drug-likeness (QED) is 0.256. The molecule has 0 aliphatic rings. The van der Waals surface area contributed by atoms with Crippen molar-refractivity contribution in [3.8, 4) is 48.4 Å². The van der Waals surface area contributed by atoms with Crippen LogP contribution >= 0.6 is 0 Å². The summed E-state index contributed by atoms with van der Waals surface area (Å²) in [5.74, 6) is 15.5. The van der Waals surface area contributed by atoms with Gasteiger partial charge in [-0.15, -0.1) is 12.8 Å². The van der Waals surface area contributed by atoms with Gasteiger partial charge in [-0.1, -0.05) is 50.4 Å². The van der Waals surface area contributed by atoms with Crippen molar-refractivity contribution in [3.05, 3.63) is 0 Å². The molecule has 0 spiro atoms. The summed E-state index contributed by atoms with van der Waals surface area (Å²) in [5, 5.41) is 0. The van der Waals surface area contributed by atoms with Crippen LogP contribution in [0.5, 0.6) is 0 Å². The Morgan fingerprint density at radius 1 is 0.680 bits per heavy atom. The molecule has 0 aromatic rings. The summed E-state index contributed by atoms with van der Waals surface area (Å²) in [6.45, 7) is 0.488. The van der Waals surface area contributed by atoms with Crippen LogP contribution in [0.15, 0.2) is 0 Å². The standard InChI is InChI=1S/C23H30O2/c1-3-5-7-9-11-12-13-14-15-16-17-19-21-23(24)25-22-20-18-10-8-6-4-2/h1-2H,9-22H2. The Hall–Kier alpha value is -2.29. The Balaban J connectivity index is 3.25. The van der Waals surface area contributed by atoms with Crippen LogP contribution in [0.2, 0.25) is 0 Å². The summed E-state index contributed by atoms with van der Waals surface area (Å²) in [6, 6.07) is 0. The van der Waals surface area contributed by atoms with Crippen LogP contribution in [0, 0.1) is 48.4 Å². The number of carbonyl (C=O) groups is 1. The monoisotopic (exact) mass is 338 g/mol. The maximum atomic E-state index is 11.6. The molecule has 0 rings (SSSR count). The third-order valence-corrected chi connectivity index (χ3v) is 3.71. The smallest absolute Gasteiger partial charge is 0.305 e. The van der Waals surface area contributed by atoms with Gasteiger partial charge in [-0.3, -0.25) is 4.79 Å². The summed E-state index contributed by atoms with van der Waals surface area (Å²) < 4.78 is 5.20. The molecule has 0 amide bonds. The van der Waals surface area contributed by atoms with Gasteiger partial charge in [-0.25, -0.2) is 0 Å². The zero-order valence-corrected chi connectivity index (χ0v) is 15.4. The molecule has 25 heavy (non-hydrogen) atoms. The lowest BCUT2D eigenvalue weighted by atomic mass is 10.1. The van der Waals surface area contributed by atoms with Crippen LogP contribution in [0.25, 0.3) is 0 Å². The molecule has 134 valence electrons. The van der Waals surface area contributed by atoms with E-state index in [1.807, 2.05) is 0 Å². The van der Waals surface area contributed by atoms with Gasteiger partial charge in [0.05, 0.1) is 6.61 Å². The molecule has 0 radical (unpaired) electrons. The van der Waals surface area contributed by atoms with Gasteiger partial charge in [-0.2, -0.15) is 0 Å². The highest BCUT2D eigenvalue weighted by molar-refractivity contribution is 5.69. The largest absolute Gasteiger partial charge is 0.466 e. The number of ether oxygens (including phenoxy) is 1. The molecule has 2 nitrogen and oxygen atoms in total. The molecule has 0 aliphatic carbocycles. The first kappa shape index (κ1) is 22.7. The van der Waals surface area contributed by atoms with Gasteiger partial charge in [0, 0.05) is 19.3 Å². The lowest BCUT2D eigenvalue weighted by Crippen LogP contribution is -2.05. The van der Waals surface area contributed by atoms with Crippen LogP contribution in [-0.2, 0) is 9.53 Å². The van der Waals surface area contributed by atoms with Crippen LogP contribution in [0.4, 0.5) is 0 Å². The third-order valence-electron chi connectivity index (χ3n) is 3.71. The van der Waals surface area contributed by atoms with Crippen LogP contribution < -0.4 is 0 Å². The Kier molecular flexibility index (Phi) is 17.9. The minimum Gasteiger partial charge on any atom is -0.466 e. The fourth-order valence-electron chi connectivity index (χ4n) is 2.34. The van der Waals surface area contributed by atoms with Crippen molar-refractivity contribution in [2.75, 3.05) is 6.61 Å². The number of unbranched alkanes of at least 4 members (excludes halogenated alkanes) is 10. The van der Waals surface area contributed by atoms with E-state index < -0.39 is 0 Å². The summed E-state index contributed by atoms with van der Waals surface area (Å²) in [7, 11) is 0. The maximum Gasteiger partial charge on any atom is 0.305 e. The van der Waals surface area contributed by atoms with Gasteiger partial charge in [-0.05, 0) is 49.4 Å². The number of hydrogen-bond acceptors (Lipinski definition) is 2. The van der Waals surface area contributed by atoms with Crippen molar-refractivity contribution in [1.82, 2.24) is 0 Å². The minimum atomic E-state index is -0.0808. The van der Waals surface area contributed by atoms with E-state index in [2.05, 4.69) is 35.5 Å². The SMILES string of the molecule is C#CC#CCCCCCCCCCCC(=O)OCCCCC#CC#C. The zero-order valence-electron chi connectivity index (χ0n) is 15.4. The van der Waals surface area contributed by atoms with Crippen molar-refractivity contribution >= 4 is 5.97 Å². The fraction of sp³-hybridized carbons (Fsp3) is 0.609. The highest BCUT2D eigenvalue weighted by Crippen LogP contribution is 2.11. The predicted molar refractivity (Wildman–Crippen MR) is 104 cm³/mol. The first-order valence-electron chi connectivity index (χ1n) is 9.33. The predicted octanol–water partition coefficient (Wildman–Crippen LogP) is 4.87. The van der Waals surface area contributed by atoms with E-state index in [4.69, 9.17) is 17.6 Å². The molecule has 0 bridgehead atoms. The molecule has 0 atom stereocenters. The highest BCUT2D eigenvalue weighted by atomic mass is 16.5. The molecule has 0 saturated carbocycles. The second-order valence-corrected chi connectivity index (χ2v) is 5.90. The topological polar surface area (TPSA) is 26.3 Å². The summed E-state index contributed by atoms with van der Waals surface area (Å²) in [5.41, 5.74) is 0. The summed E-state index contributed by atoms with van der Waals surface area (Å²) in [6.07, 6.45) is 23.4. The highest BCUT2D eigenvalue weighted by Gasteiger charge is 2.02. The molecule has 0 aromatic heterocycles. The number of terminal acetylenes is 2. The van der Waals surface area contributed by atoms with Crippen molar-refractivity contribution in [2.24, 2.45) is 0 Å². The van der Waals surface area contributed by atoms with Crippen molar-refractivity contribution < 1.29 is 9.53 Å². The molecule has 0 unspecified atom stereocenters. The molecule has 0 saturated heterocycles. The van der Waals surface area contributed by atoms with E-state index >= 15 is 0 Å². The molecule has 0 N–H and O–H groups in total. The number of hydrogen-bond donors (Lipinski definition) is 0. The van der Waals surface area contributed by atoms with Gasteiger partial charge >= 0.3 is 5.97 Å². The Labute approximate surface area is 154 Å². The average Bonchev–Trinajstić information content (AvgIpc) is 2.62. The van der Waals surface area contributed by atoms with E-state index in [0.717, 1.165) is 44.9 Å². The van der Waals surface area contributed by atoms with E-state index in [0.29, 0.717) is 13.0 Å². The van der Waals surface area contributed by atoms with Gasteiger partial charge in [0.15, 0.2) is 0 Å². The third kappa shape index (κ3) is 19.7. The van der Waals surface area contributed by atoms with Gasteiger partial charge in [0.1, 0.15) is 0 Å². The second kappa shape index (κ2) is 19.8. The van der Waals surface area contributed by atoms with Gasteiger partial charge in [0.2, 0.25) is 0 Å². The lowest BCUT2D eigenvalue weighted by Gasteiger charge is -2.04. The maximum absolute atomic E-state index is 11.6. The fourth-order valence-corrected chi connectivity index (χ4v) is 2.34. The summed E-state index contributed by atoms with van der Waals surface area (Å²) in [4.78, 5) is 11.6. The molecule has 0 heterocycles. The zero-order chi connectivity index (χ0) is 18.4. The van der Waals surface area contributed by atoms with Crippen LogP contribution in [0.1, 0.15) is 83.5 Å². The Morgan fingerprint density at radius 2 is 1.16 bits per heavy atom. The Morgan fingerprint density at radius 3 is 1.72 bits per heavy atom. The van der Waals surface area contributed by atoms with E-state index in [9.17, 15) is 4.79 Å². The van der Waals surface area contributed by atoms with Gasteiger partial charge in [0.25, 0.3) is 0 Å². The van der Waals surface area contributed by atoms with Crippen LogP contribution in [-0.4, -0.2) is 12.6 Å². The molecule has 0 aromatic carbocycles. The lowest BCUT2D eigenvalue weighted by molar-refractivity contribution is -0.143. The normalized spacial score (nSPS) is 8.88. The average molecular weight is 338 g/mol. The molecular formula is C23H30O2. The number of rotatable bonds is 14. The number of esters is 1. The number of carbonyl (C=O) groups excluding carboxylic acids is 1. The van der Waals surface area contributed by atoms with E-state index in [1.165, 1.54) is 32.1 Å². The van der Waals surface area contributed by atoms with Crippen LogP contribution in [0.3, 0.4) is 0 Å². The molecule has 0 fully saturated rings. The van der Waals surface area contributed by atoms with Crippen molar-refractivity contribution in [3.63, 3.8) is 0 Å². The van der Waals surface area contributed by atoms with E-state index in [1.54, 1.807) is 0 Å². The minimum absolute atomic E-state index is 0.0808. The molecular weight excluding hydrogens is 308 g/mol. The first-order valence-corrected chi connectivity index (χ1v) is 9.33. The summed E-state index contributed by atoms with van der Waals surface area (Å²) >= 11 is 0. The van der Waals surface area contributed by atoms with E-state index in [-0.39, 0.29) is 5.97 Å². The molecule has 0 aliphatic heterocycles. The second-order valence-electron chi connectivity index (χ2n) is 5.90. The van der Waals surface area contributed by atoms with Gasteiger partial charge < -0.3 is 4.74 Å².